The van der Waals surface area contributed by atoms with E-state index in [4.69, 9.17) is 5.26 Å². The summed E-state index contributed by atoms with van der Waals surface area (Å²) in [5, 5.41) is 14.0. The van der Waals surface area contributed by atoms with Crippen LogP contribution in [0.3, 0.4) is 0 Å². The van der Waals surface area contributed by atoms with Crippen LogP contribution in [0.4, 0.5) is 8.78 Å². The van der Waals surface area contributed by atoms with Gasteiger partial charge in [-0.15, -0.1) is 0 Å². The average Bonchev–Trinajstić information content (AvgIpc) is 2.36. The van der Waals surface area contributed by atoms with Crippen LogP contribution in [0, 0.1) is 23.0 Å². The molecule has 0 aliphatic heterocycles. The maximum atomic E-state index is 13.6. The summed E-state index contributed by atoms with van der Waals surface area (Å²) in [5.74, 6) is -1.84. The van der Waals surface area contributed by atoms with Crippen LogP contribution in [0.25, 0.3) is 0 Å². The van der Waals surface area contributed by atoms with Gasteiger partial charge in [-0.25, -0.2) is 8.78 Å². The lowest BCUT2D eigenvalue weighted by molar-refractivity contribution is -0.123. The van der Waals surface area contributed by atoms with E-state index in [0.717, 1.165) is 12.1 Å². The molecule has 1 rings (SSSR count). The van der Waals surface area contributed by atoms with E-state index in [1.807, 2.05) is 13.8 Å². The molecule has 0 spiro atoms. The van der Waals surface area contributed by atoms with Crippen LogP contribution in [-0.4, -0.2) is 18.0 Å². The maximum Gasteiger partial charge on any atom is 0.237 e. The third-order valence-corrected chi connectivity index (χ3v) is 2.68. The fraction of sp³-hybridized carbons (Fsp3) is 0.429. The first-order chi connectivity index (χ1) is 9.35. The number of carbonyl (C=O) groups is 1. The molecule has 1 aromatic carbocycles. The second-order valence-corrected chi connectivity index (χ2v) is 4.80. The first kappa shape index (κ1) is 16.1. The second kappa shape index (κ2) is 6.96. The zero-order valence-electron chi connectivity index (χ0n) is 11.6. The molecule has 4 nitrogen and oxygen atoms in total. The number of benzene rings is 1. The molecule has 20 heavy (non-hydrogen) atoms. The Morgan fingerprint density at radius 3 is 2.30 bits per heavy atom. The summed E-state index contributed by atoms with van der Waals surface area (Å²) in [5.41, 5.74) is -0.262. The standard InChI is InChI=1S/C14H17F2N3O/c1-8(2)19-14(20)9(3)18-7-11-12(15)4-10(6-17)5-13(11)16/h4-5,8-9,18H,7H2,1-3H3,(H,19,20). The molecule has 0 aliphatic carbocycles. The highest BCUT2D eigenvalue weighted by Gasteiger charge is 2.16. The number of nitrogens with one attached hydrogen (secondary N) is 2. The third kappa shape index (κ3) is 4.28. The van der Waals surface area contributed by atoms with Gasteiger partial charge in [-0.05, 0) is 32.9 Å². The highest BCUT2D eigenvalue weighted by atomic mass is 19.1. The van der Waals surface area contributed by atoms with E-state index in [1.54, 1.807) is 13.0 Å². The maximum absolute atomic E-state index is 13.6. The minimum Gasteiger partial charge on any atom is -0.353 e. The van der Waals surface area contributed by atoms with Crippen molar-refractivity contribution in [1.82, 2.24) is 10.6 Å². The highest BCUT2D eigenvalue weighted by molar-refractivity contribution is 5.81. The fourth-order valence-corrected chi connectivity index (χ4v) is 1.59. The fourth-order valence-electron chi connectivity index (χ4n) is 1.59. The lowest BCUT2D eigenvalue weighted by atomic mass is 10.1. The molecular weight excluding hydrogens is 264 g/mol. The molecular formula is C14H17F2N3O. The van der Waals surface area contributed by atoms with Crippen molar-refractivity contribution in [3.63, 3.8) is 0 Å². The van der Waals surface area contributed by atoms with Crippen LogP contribution in [0.1, 0.15) is 31.9 Å². The molecule has 1 atom stereocenters. The molecule has 1 amide bonds. The van der Waals surface area contributed by atoms with Gasteiger partial charge in [-0.2, -0.15) is 5.26 Å². The molecule has 6 heteroatoms. The minimum absolute atomic E-state index is 0.00451. The summed E-state index contributed by atoms with van der Waals surface area (Å²) in [6.07, 6.45) is 0. The van der Waals surface area contributed by atoms with Crippen molar-refractivity contribution in [2.45, 2.75) is 39.4 Å². The number of halogens is 2. The van der Waals surface area contributed by atoms with Crippen LogP contribution in [0.2, 0.25) is 0 Å². The van der Waals surface area contributed by atoms with Gasteiger partial charge >= 0.3 is 0 Å². The van der Waals surface area contributed by atoms with E-state index in [9.17, 15) is 13.6 Å². The molecule has 0 fully saturated rings. The first-order valence-electron chi connectivity index (χ1n) is 6.27. The zero-order chi connectivity index (χ0) is 15.3. The number of nitriles is 1. The number of rotatable bonds is 5. The molecule has 0 bridgehead atoms. The van der Waals surface area contributed by atoms with E-state index in [0.29, 0.717) is 0 Å². The Balaban J connectivity index is 2.71. The summed E-state index contributed by atoms with van der Waals surface area (Å²) in [7, 11) is 0. The van der Waals surface area contributed by atoms with Gasteiger partial charge < -0.3 is 10.6 Å². The van der Waals surface area contributed by atoms with E-state index in [1.165, 1.54) is 0 Å². The van der Waals surface area contributed by atoms with Gasteiger partial charge in [0.1, 0.15) is 11.6 Å². The predicted molar refractivity (Wildman–Crippen MR) is 70.7 cm³/mol. The summed E-state index contributed by atoms with van der Waals surface area (Å²) in [4.78, 5) is 11.6. The number of amides is 1. The molecule has 108 valence electrons. The first-order valence-corrected chi connectivity index (χ1v) is 6.27. The second-order valence-electron chi connectivity index (χ2n) is 4.80. The van der Waals surface area contributed by atoms with Crippen molar-refractivity contribution < 1.29 is 13.6 Å². The number of hydrogen-bond donors (Lipinski definition) is 2. The van der Waals surface area contributed by atoms with Crippen LogP contribution >= 0.6 is 0 Å². The van der Waals surface area contributed by atoms with Gasteiger partial charge in [-0.3, -0.25) is 4.79 Å². The van der Waals surface area contributed by atoms with Crippen LogP contribution in [0.15, 0.2) is 12.1 Å². The Bertz CT molecular complexity index is 515. The van der Waals surface area contributed by atoms with E-state index in [2.05, 4.69) is 10.6 Å². The Morgan fingerprint density at radius 2 is 1.85 bits per heavy atom. The molecule has 0 radical (unpaired) electrons. The molecule has 0 heterocycles. The monoisotopic (exact) mass is 281 g/mol. The SMILES string of the molecule is CC(C)NC(=O)C(C)NCc1c(F)cc(C#N)cc1F. The highest BCUT2D eigenvalue weighted by Crippen LogP contribution is 2.15. The molecule has 1 unspecified atom stereocenters. The number of hydrogen-bond acceptors (Lipinski definition) is 3. The molecule has 0 saturated heterocycles. The van der Waals surface area contributed by atoms with Crippen molar-refractivity contribution in [3.8, 4) is 6.07 Å². The number of carbonyl (C=O) groups excluding carboxylic acids is 1. The third-order valence-electron chi connectivity index (χ3n) is 2.68. The summed E-state index contributed by atoms with van der Waals surface area (Å²) in [6.45, 7) is 5.13. The Morgan fingerprint density at radius 1 is 1.30 bits per heavy atom. The van der Waals surface area contributed by atoms with Crippen LogP contribution < -0.4 is 10.6 Å². The van der Waals surface area contributed by atoms with Crippen molar-refractivity contribution in [3.05, 3.63) is 34.9 Å². The Labute approximate surface area is 116 Å². The summed E-state index contributed by atoms with van der Waals surface area (Å²) in [6, 6.07) is 3.04. The van der Waals surface area contributed by atoms with E-state index < -0.39 is 17.7 Å². The van der Waals surface area contributed by atoms with Crippen molar-refractivity contribution >= 4 is 5.91 Å². The summed E-state index contributed by atoms with van der Waals surface area (Å²) < 4.78 is 27.3. The molecule has 2 N–H and O–H groups in total. The van der Waals surface area contributed by atoms with E-state index in [-0.39, 0.29) is 29.6 Å². The Hall–Kier alpha value is -2.00. The smallest absolute Gasteiger partial charge is 0.237 e. The topological polar surface area (TPSA) is 64.9 Å². The molecule has 0 aliphatic rings. The largest absolute Gasteiger partial charge is 0.353 e. The summed E-state index contributed by atoms with van der Waals surface area (Å²) >= 11 is 0. The zero-order valence-corrected chi connectivity index (χ0v) is 11.6. The molecule has 1 aromatic rings. The quantitative estimate of drug-likeness (QED) is 0.865. The normalized spacial score (nSPS) is 12.1. The van der Waals surface area contributed by atoms with Gasteiger partial charge in [0.25, 0.3) is 0 Å². The van der Waals surface area contributed by atoms with Gasteiger partial charge in [0.15, 0.2) is 0 Å². The van der Waals surface area contributed by atoms with Gasteiger partial charge in [-0.1, -0.05) is 0 Å². The van der Waals surface area contributed by atoms with Gasteiger partial charge in [0, 0.05) is 18.2 Å². The lowest BCUT2D eigenvalue weighted by Crippen LogP contribution is -2.44. The Kier molecular flexibility index (Phi) is 5.59. The number of nitrogens with zero attached hydrogens (tertiary/aromatic N) is 1. The van der Waals surface area contributed by atoms with Crippen molar-refractivity contribution in [2.75, 3.05) is 0 Å². The van der Waals surface area contributed by atoms with Crippen molar-refractivity contribution in [2.24, 2.45) is 0 Å². The van der Waals surface area contributed by atoms with Crippen molar-refractivity contribution in [1.29, 1.82) is 5.26 Å². The minimum atomic E-state index is -0.800. The average molecular weight is 281 g/mol. The van der Waals surface area contributed by atoms with Gasteiger partial charge in [0.05, 0.1) is 17.7 Å². The molecule has 0 aromatic heterocycles. The predicted octanol–water partition coefficient (Wildman–Crippen LogP) is 1.84. The lowest BCUT2D eigenvalue weighted by Gasteiger charge is -2.16. The van der Waals surface area contributed by atoms with Gasteiger partial charge in [0.2, 0.25) is 5.91 Å². The van der Waals surface area contributed by atoms with Crippen LogP contribution in [-0.2, 0) is 11.3 Å². The molecule has 0 saturated carbocycles. The van der Waals surface area contributed by atoms with E-state index >= 15 is 0 Å². The van der Waals surface area contributed by atoms with Crippen LogP contribution in [0.5, 0.6) is 0 Å².